The second-order valence-electron chi connectivity index (χ2n) is 9.08. The number of Topliss-reactive ketones (excluding diaryl/α,β-unsaturated/α-hetero) is 1. The van der Waals surface area contributed by atoms with Gasteiger partial charge in [-0.2, -0.15) is 0 Å². The van der Waals surface area contributed by atoms with Crippen molar-refractivity contribution in [3.05, 3.63) is 57.1 Å². The Labute approximate surface area is 211 Å². The van der Waals surface area contributed by atoms with E-state index in [0.717, 1.165) is 24.3 Å². The van der Waals surface area contributed by atoms with E-state index < -0.39 is 53.1 Å². The molecule has 1 saturated heterocycles. The molecule has 4 atom stereocenters. The molecule has 1 fully saturated rings. The van der Waals surface area contributed by atoms with E-state index in [1.165, 1.54) is 4.90 Å². The summed E-state index contributed by atoms with van der Waals surface area (Å²) in [5, 5.41) is 10.7. The Morgan fingerprint density at radius 1 is 1.14 bits per heavy atom. The van der Waals surface area contributed by atoms with Gasteiger partial charge in [0.2, 0.25) is 11.8 Å². The Hall–Kier alpha value is -3.21. The highest BCUT2D eigenvalue weighted by Crippen LogP contribution is 2.56. The number of aromatic hydroxyl groups is 1. The molecule has 36 heavy (non-hydrogen) atoms. The number of hydrogen-bond donors (Lipinski definition) is 1. The fraction of sp³-hybridized carbons (Fsp3) is 0.360. The van der Waals surface area contributed by atoms with Crippen molar-refractivity contribution in [2.75, 3.05) is 6.54 Å². The summed E-state index contributed by atoms with van der Waals surface area (Å²) in [7, 11) is 0. The lowest BCUT2D eigenvalue weighted by Gasteiger charge is -2.42. The van der Waals surface area contributed by atoms with E-state index in [0.29, 0.717) is 5.57 Å². The van der Waals surface area contributed by atoms with E-state index in [1.54, 1.807) is 13.0 Å². The van der Waals surface area contributed by atoms with Crippen molar-refractivity contribution in [3.8, 4) is 11.5 Å². The molecular weight excluding hydrogens is 547 g/mol. The molecule has 0 bridgehead atoms. The predicted molar refractivity (Wildman–Crippen MR) is 122 cm³/mol. The maximum Gasteiger partial charge on any atom is 0.573 e. The van der Waals surface area contributed by atoms with E-state index in [1.807, 2.05) is 0 Å². The van der Waals surface area contributed by atoms with Crippen molar-refractivity contribution in [1.29, 1.82) is 0 Å². The van der Waals surface area contributed by atoms with E-state index in [2.05, 4.69) is 20.7 Å². The maximum absolute atomic E-state index is 13.2. The van der Waals surface area contributed by atoms with Crippen LogP contribution in [0.25, 0.3) is 0 Å². The molecule has 0 radical (unpaired) electrons. The van der Waals surface area contributed by atoms with Gasteiger partial charge in [-0.3, -0.25) is 24.1 Å². The average molecular weight is 566 g/mol. The number of ketones is 2. The number of rotatable bonds is 3. The summed E-state index contributed by atoms with van der Waals surface area (Å²) >= 11 is 3.10. The highest BCUT2D eigenvalue weighted by atomic mass is 79.9. The highest BCUT2D eigenvalue weighted by molar-refractivity contribution is 9.12. The van der Waals surface area contributed by atoms with Gasteiger partial charge in [0.05, 0.1) is 16.3 Å². The van der Waals surface area contributed by atoms with Crippen LogP contribution in [-0.2, 0) is 19.2 Å². The number of ether oxygens (including phenoxy) is 1. The number of phenols is 1. The molecular formula is C25H19BrF3NO6. The summed E-state index contributed by atoms with van der Waals surface area (Å²) in [6.07, 6.45) is -1.97. The zero-order valence-corrected chi connectivity index (χ0v) is 20.4. The normalized spacial score (nSPS) is 28.0. The third-order valence-corrected chi connectivity index (χ3v) is 7.87. The monoisotopic (exact) mass is 565 g/mol. The standard InChI is InChI=1S/C25H19BrF3NO6/c1-2-30-23(34)12-5-4-11-13(20(12)24(30)35)8-15-21(18(32)9-16(26)22(15)33)19(11)14-7-10(3-6-17(14)31)36-25(27,28)29/h3-4,6-7,9,12-13,19-20,31H,2,5,8H2,1H3/t12-,13+,19+,20-/m0/s1. The van der Waals surface area contributed by atoms with Crippen LogP contribution < -0.4 is 4.74 Å². The zero-order chi connectivity index (χ0) is 26.1. The molecule has 0 saturated carbocycles. The van der Waals surface area contributed by atoms with Crippen molar-refractivity contribution in [2.45, 2.75) is 32.0 Å². The summed E-state index contributed by atoms with van der Waals surface area (Å²) in [5.41, 5.74) is 0.600. The van der Waals surface area contributed by atoms with Gasteiger partial charge in [0.1, 0.15) is 11.5 Å². The second kappa shape index (κ2) is 8.43. The van der Waals surface area contributed by atoms with Gasteiger partial charge >= 0.3 is 6.36 Å². The number of alkyl halides is 3. The van der Waals surface area contributed by atoms with Crippen LogP contribution in [0.1, 0.15) is 31.2 Å². The molecule has 7 nitrogen and oxygen atoms in total. The van der Waals surface area contributed by atoms with Crippen LogP contribution >= 0.6 is 15.9 Å². The number of phenolic OH excluding ortho intramolecular Hbond substituents is 1. The van der Waals surface area contributed by atoms with Crippen LogP contribution in [0.2, 0.25) is 0 Å². The molecule has 1 aromatic carbocycles. The van der Waals surface area contributed by atoms with Crippen LogP contribution in [0, 0.1) is 17.8 Å². The summed E-state index contributed by atoms with van der Waals surface area (Å²) in [4.78, 5) is 53.5. The summed E-state index contributed by atoms with van der Waals surface area (Å²) in [5.74, 6) is -5.87. The predicted octanol–water partition coefficient (Wildman–Crippen LogP) is 4.07. The smallest absolute Gasteiger partial charge is 0.508 e. The summed E-state index contributed by atoms with van der Waals surface area (Å²) < 4.78 is 42.8. The highest BCUT2D eigenvalue weighted by Gasteiger charge is 2.56. The lowest BCUT2D eigenvalue weighted by atomic mass is 9.59. The van der Waals surface area contributed by atoms with Crippen molar-refractivity contribution < 1.29 is 42.2 Å². The van der Waals surface area contributed by atoms with Gasteiger partial charge in [0.25, 0.3) is 0 Å². The van der Waals surface area contributed by atoms with Crippen molar-refractivity contribution in [2.24, 2.45) is 17.8 Å². The number of amides is 2. The first-order chi connectivity index (χ1) is 16.9. The molecule has 0 aromatic heterocycles. The number of allylic oxidation sites excluding steroid dienone is 6. The van der Waals surface area contributed by atoms with E-state index in [4.69, 9.17) is 0 Å². The third-order valence-electron chi connectivity index (χ3n) is 7.28. The van der Waals surface area contributed by atoms with Gasteiger partial charge in [-0.05, 0) is 59.8 Å². The Kier molecular flexibility index (Phi) is 5.73. The molecule has 11 heteroatoms. The molecule has 0 spiro atoms. The first-order valence-corrected chi connectivity index (χ1v) is 12.0. The minimum atomic E-state index is -4.99. The number of fused-ring (bicyclic) bond motifs is 3. The number of carbonyl (C=O) groups is 4. The van der Waals surface area contributed by atoms with Crippen LogP contribution in [0.3, 0.4) is 0 Å². The number of nitrogens with zero attached hydrogens (tertiary/aromatic N) is 1. The van der Waals surface area contributed by atoms with E-state index in [-0.39, 0.29) is 52.4 Å². The summed E-state index contributed by atoms with van der Waals surface area (Å²) in [6, 6.07) is 2.95. The van der Waals surface area contributed by atoms with Crippen LogP contribution in [0.5, 0.6) is 11.5 Å². The summed E-state index contributed by atoms with van der Waals surface area (Å²) in [6.45, 7) is 1.87. The number of halogens is 4. The number of likely N-dealkylation sites (tertiary alicyclic amines) is 1. The molecule has 1 aliphatic heterocycles. The minimum Gasteiger partial charge on any atom is -0.508 e. The Morgan fingerprint density at radius 2 is 1.86 bits per heavy atom. The quantitative estimate of drug-likeness (QED) is 0.337. The minimum absolute atomic E-state index is 0.0163. The van der Waals surface area contributed by atoms with Gasteiger partial charge < -0.3 is 9.84 Å². The molecule has 5 rings (SSSR count). The topological polar surface area (TPSA) is 101 Å². The Morgan fingerprint density at radius 3 is 2.53 bits per heavy atom. The van der Waals surface area contributed by atoms with Crippen LogP contribution in [-0.4, -0.2) is 46.3 Å². The van der Waals surface area contributed by atoms with Crippen molar-refractivity contribution >= 4 is 39.3 Å². The number of benzene rings is 1. The average Bonchev–Trinajstić information content (AvgIpc) is 3.06. The first kappa shape index (κ1) is 24.5. The SMILES string of the molecule is CCN1C(=O)[C@H]2[C@H](CC=C3[C@H](c4cc(OC(F)(F)F)ccc4O)C4=C(C[C@H]32)C(=O)C(Br)=CC4=O)C1=O. The molecule has 1 aromatic rings. The molecule has 2 amide bonds. The number of carbonyl (C=O) groups excluding carboxylic acids is 4. The molecule has 188 valence electrons. The molecule has 1 heterocycles. The van der Waals surface area contributed by atoms with Gasteiger partial charge in [-0.1, -0.05) is 11.6 Å². The van der Waals surface area contributed by atoms with Crippen LogP contribution in [0.15, 0.2) is 51.6 Å². The lowest BCUT2D eigenvalue weighted by molar-refractivity contribution is -0.274. The van der Waals surface area contributed by atoms with Crippen molar-refractivity contribution in [3.63, 3.8) is 0 Å². The second-order valence-corrected chi connectivity index (χ2v) is 9.94. The van der Waals surface area contributed by atoms with Gasteiger partial charge in [-0.15, -0.1) is 13.2 Å². The van der Waals surface area contributed by atoms with E-state index >= 15 is 0 Å². The Bertz CT molecular complexity index is 1330. The molecule has 3 aliphatic carbocycles. The van der Waals surface area contributed by atoms with Crippen molar-refractivity contribution in [1.82, 2.24) is 4.90 Å². The fourth-order valence-electron chi connectivity index (χ4n) is 5.90. The first-order valence-electron chi connectivity index (χ1n) is 11.3. The molecule has 0 unspecified atom stereocenters. The molecule has 4 aliphatic rings. The number of hydrogen-bond acceptors (Lipinski definition) is 6. The van der Waals surface area contributed by atoms with Crippen LogP contribution in [0.4, 0.5) is 13.2 Å². The maximum atomic E-state index is 13.2. The fourth-order valence-corrected chi connectivity index (χ4v) is 6.35. The molecule has 1 N–H and O–H groups in total. The lowest BCUT2D eigenvalue weighted by Crippen LogP contribution is -2.39. The van der Waals surface area contributed by atoms with Gasteiger partial charge in [0, 0.05) is 35.2 Å². The van der Waals surface area contributed by atoms with E-state index in [9.17, 15) is 37.5 Å². The van der Waals surface area contributed by atoms with Gasteiger partial charge in [-0.25, -0.2) is 0 Å². The largest absolute Gasteiger partial charge is 0.573 e. The zero-order valence-electron chi connectivity index (χ0n) is 18.8. The number of imide groups is 1. The third kappa shape index (κ3) is 3.71. The van der Waals surface area contributed by atoms with Gasteiger partial charge in [0.15, 0.2) is 11.6 Å². The Balaban J connectivity index is 1.70.